The first kappa shape index (κ1) is 14.6. The van der Waals surface area contributed by atoms with Crippen LogP contribution in [-0.4, -0.2) is 13.7 Å². The molecule has 0 atom stereocenters. The van der Waals surface area contributed by atoms with Crippen molar-refractivity contribution in [3.05, 3.63) is 35.9 Å². The maximum Gasteiger partial charge on any atom is 0.126 e. The van der Waals surface area contributed by atoms with Crippen molar-refractivity contribution in [2.45, 2.75) is 44.9 Å². The highest BCUT2D eigenvalue weighted by molar-refractivity contribution is 5.92. The fraction of sp³-hybridized carbons (Fsp3) is 0.545. The Bertz CT molecular complexity index is 757. The van der Waals surface area contributed by atoms with Crippen LogP contribution in [0.2, 0.25) is 0 Å². The molecule has 1 heterocycles. The van der Waals surface area contributed by atoms with Gasteiger partial charge >= 0.3 is 0 Å². The minimum atomic E-state index is 0.390. The molecule has 3 aliphatic rings. The first-order valence-electron chi connectivity index (χ1n) is 9.53. The molecule has 1 aliphatic heterocycles. The summed E-state index contributed by atoms with van der Waals surface area (Å²) in [6.07, 6.45) is 9.67. The fourth-order valence-corrected chi connectivity index (χ4v) is 5.98. The predicted octanol–water partition coefficient (Wildman–Crippen LogP) is 5.37. The molecular weight excluding hydrogens is 296 g/mol. The van der Waals surface area contributed by atoms with E-state index in [0.717, 1.165) is 29.9 Å². The number of ether oxygens (including phenoxy) is 2. The first-order chi connectivity index (χ1) is 11.8. The molecule has 126 valence electrons. The van der Waals surface area contributed by atoms with E-state index in [2.05, 4.69) is 30.3 Å². The van der Waals surface area contributed by atoms with Gasteiger partial charge in [-0.15, -0.1) is 0 Å². The van der Waals surface area contributed by atoms with Crippen molar-refractivity contribution in [3.8, 4) is 11.5 Å². The van der Waals surface area contributed by atoms with Gasteiger partial charge in [-0.25, -0.2) is 0 Å². The lowest BCUT2D eigenvalue weighted by Crippen LogP contribution is -2.51. The highest BCUT2D eigenvalue weighted by Gasteiger charge is 2.51. The van der Waals surface area contributed by atoms with Crippen LogP contribution >= 0.6 is 0 Å². The summed E-state index contributed by atoms with van der Waals surface area (Å²) < 4.78 is 12.0. The van der Waals surface area contributed by atoms with E-state index >= 15 is 0 Å². The zero-order valence-corrected chi connectivity index (χ0v) is 14.5. The van der Waals surface area contributed by atoms with Gasteiger partial charge in [-0.05, 0) is 67.5 Å². The van der Waals surface area contributed by atoms with Crippen LogP contribution in [0.1, 0.15) is 44.1 Å². The van der Waals surface area contributed by atoms with Crippen LogP contribution in [0.15, 0.2) is 30.3 Å². The molecule has 0 radical (unpaired) electrons. The lowest BCUT2D eigenvalue weighted by molar-refractivity contribution is -0.0628. The van der Waals surface area contributed by atoms with Gasteiger partial charge in [-0.3, -0.25) is 0 Å². The quantitative estimate of drug-likeness (QED) is 0.702. The van der Waals surface area contributed by atoms with E-state index in [1.165, 1.54) is 61.3 Å². The van der Waals surface area contributed by atoms with E-state index in [-0.39, 0.29) is 0 Å². The van der Waals surface area contributed by atoms with Gasteiger partial charge in [0, 0.05) is 16.4 Å². The number of benzene rings is 2. The van der Waals surface area contributed by atoms with Gasteiger partial charge in [0.25, 0.3) is 0 Å². The molecule has 2 nitrogen and oxygen atoms in total. The normalized spacial score (nSPS) is 31.5. The Hall–Kier alpha value is -1.70. The zero-order valence-electron chi connectivity index (χ0n) is 14.5. The number of rotatable bonds is 1. The zero-order chi connectivity index (χ0) is 16.1. The van der Waals surface area contributed by atoms with E-state index in [0.29, 0.717) is 5.41 Å². The molecule has 0 unspecified atom stereocenters. The van der Waals surface area contributed by atoms with E-state index < -0.39 is 0 Å². The van der Waals surface area contributed by atoms with Crippen molar-refractivity contribution in [2.75, 3.05) is 13.7 Å². The molecule has 2 aromatic rings. The van der Waals surface area contributed by atoms with Crippen molar-refractivity contribution in [1.29, 1.82) is 0 Å². The minimum absolute atomic E-state index is 0.390. The standard InChI is InChI=1S/C22H26O2/c1-23-20-10-4-9-17-18(20)11-12-21-19(17)13-22(14-24-21)15-5-2-6-16(22)8-3-7-15/h4,9-12,15-16H,2-3,5-8,13-14H2,1H3. The second kappa shape index (κ2) is 5.40. The van der Waals surface area contributed by atoms with E-state index in [1.54, 1.807) is 7.11 Å². The van der Waals surface area contributed by atoms with Gasteiger partial charge in [0.05, 0.1) is 13.7 Å². The van der Waals surface area contributed by atoms with E-state index in [1.807, 2.05) is 0 Å². The van der Waals surface area contributed by atoms with Crippen molar-refractivity contribution < 1.29 is 9.47 Å². The van der Waals surface area contributed by atoms with Gasteiger partial charge in [0.2, 0.25) is 0 Å². The molecule has 2 aliphatic carbocycles. The largest absolute Gasteiger partial charge is 0.496 e. The maximum absolute atomic E-state index is 6.39. The average molecular weight is 322 g/mol. The van der Waals surface area contributed by atoms with Gasteiger partial charge in [0.15, 0.2) is 0 Å². The van der Waals surface area contributed by atoms with Crippen molar-refractivity contribution in [3.63, 3.8) is 0 Å². The van der Waals surface area contributed by atoms with Gasteiger partial charge in [-0.2, -0.15) is 0 Å². The summed E-state index contributed by atoms with van der Waals surface area (Å²) in [5.41, 5.74) is 1.82. The first-order valence-corrected chi connectivity index (χ1v) is 9.53. The Morgan fingerprint density at radius 3 is 2.42 bits per heavy atom. The molecule has 1 spiro atoms. The van der Waals surface area contributed by atoms with Crippen LogP contribution in [0.5, 0.6) is 11.5 Å². The maximum atomic E-state index is 6.39. The molecule has 0 aromatic heterocycles. The predicted molar refractivity (Wildman–Crippen MR) is 96.8 cm³/mol. The number of hydrogen-bond donors (Lipinski definition) is 0. The van der Waals surface area contributed by atoms with Crippen molar-refractivity contribution in [1.82, 2.24) is 0 Å². The molecule has 0 amide bonds. The Kier molecular flexibility index (Phi) is 3.29. The summed E-state index contributed by atoms with van der Waals surface area (Å²) in [5, 5.41) is 2.55. The van der Waals surface area contributed by atoms with E-state index in [4.69, 9.17) is 9.47 Å². The molecule has 24 heavy (non-hydrogen) atoms. The molecule has 2 fully saturated rings. The second-order valence-electron chi connectivity index (χ2n) is 8.05. The summed E-state index contributed by atoms with van der Waals surface area (Å²) in [4.78, 5) is 0. The van der Waals surface area contributed by atoms with Crippen molar-refractivity contribution >= 4 is 10.8 Å². The van der Waals surface area contributed by atoms with Crippen LogP contribution < -0.4 is 9.47 Å². The molecule has 2 bridgehead atoms. The smallest absolute Gasteiger partial charge is 0.126 e. The van der Waals surface area contributed by atoms with Gasteiger partial charge in [0.1, 0.15) is 11.5 Å². The Morgan fingerprint density at radius 2 is 1.71 bits per heavy atom. The summed E-state index contributed by atoms with van der Waals surface area (Å²) in [5.74, 6) is 3.79. The molecule has 2 heteroatoms. The number of methoxy groups -OCH3 is 1. The molecule has 0 N–H and O–H groups in total. The third-order valence-electron chi connectivity index (χ3n) is 7.15. The summed E-state index contributed by atoms with van der Waals surface area (Å²) >= 11 is 0. The fourth-order valence-electron chi connectivity index (χ4n) is 5.98. The Balaban J connectivity index is 1.65. The lowest BCUT2D eigenvalue weighted by atomic mass is 9.52. The van der Waals surface area contributed by atoms with Crippen LogP contribution in [0.25, 0.3) is 10.8 Å². The third kappa shape index (κ3) is 1.95. The molecule has 2 saturated carbocycles. The summed E-state index contributed by atoms with van der Waals surface area (Å²) in [6.45, 7) is 0.935. The number of fused-ring (bicyclic) bond motifs is 3. The topological polar surface area (TPSA) is 18.5 Å². The van der Waals surface area contributed by atoms with Crippen LogP contribution in [0.4, 0.5) is 0 Å². The van der Waals surface area contributed by atoms with Crippen molar-refractivity contribution in [2.24, 2.45) is 17.3 Å². The molecular formula is C22H26O2. The minimum Gasteiger partial charge on any atom is -0.496 e. The summed E-state index contributed by atoms with van der Waals surface area (Å²) in [7, 11) is 1.76. The SMILES string of the molecule is COc1cccc2c3c(ccc12)OCC1(C3)C2CCCC1CCC2. The molecule has 0 saturated heterocycles. The third-order valence-corrected chi connectivity index (χ3v) is 7.15. The molecule has 2 aromatic carbocycles. The monoisotopic (exact) mass is 322 g/mol. The van der Waals surface area contributed by atoms with Gasteiger partial charge in [-0.1, -0.05) is 25.0 Å². The average Bonchev–Trinajstić information content (AvgIpc) is 2.60. The lowest BCUT2D eigenvalue weighted by Gasteiger charge is -2.55. The Labute approximate surface area is 144 Å². The van der Waals surface area contributed by atoms with Crippen LogP contribution in [0, 0.1) is 17.3 Å². The van der Waals surface area contributed by atoms with E-state index in [9.17, 15) is 0 Å². The Morgan fingerprint density at radius 1 is 0.958 bits per heavy atom. The highest BCUT2D eigenvalue weighted by Crippen LogP contribution is 2.57. The van der Waals surface area contributed by atoms with Gasteiger partial charge < -0.3 is 9.47 Å². The highest BCUT2D eigenvalue weighted by atomic mass is 16.5. The number of hydrogen-bond acceptors (Lipinski definition) is 2. The van der Waals surface area contributed by atoms with Crippen LogP contribution in [0.3, 0.4) is 0 Å². The molecule has 5 rings (SSSR count). The van der Waals surface area contributed by atoms with Crippen LogP contribution in [-0.2, 0) is 6.42 Å². The summed E-state index contributed by atoms with van der Waals surface area (Å²) in [6, 6.07) is 10.7. The second-order valence-corrected chi connectivity index (χ2v) is 8.05.